The molecule has 47 heavy (non-hydrogen) atoms. The van der Waals surface area contributed by atoms with E-state index in [-0.39, 0.29) is 18.0 Å². The first kappa shape index (κ1) is 36.0. The highest BCUT2D eigenvalue weighted by Crippen LogP contribution is 2.29. The van der Waals surface area contributed by atoms with Crippen molar-refractivity contribution >= 4 is 38.7 Å². The van der Waals surface area contributed by atoms with Gasteiger partial charge in [0.1, 0.15) is 23.5 Å². The molecule has 0 radical (unpaired) electrons. The highest BCUT2D eigenvalue weighted by atomic mass is 32.2. The number of nitrogens with two attached hydrogens (primary N) is 1. The van der Waals surface area contributed by atoms with Crippen molar-refractivity contribution in [1.29, 1.82) is 0 Å². The number of carbonyl (C=O) groups excluding carboxylic acids is 3. The molecule has 0 saturated carbocycles. The molecule has 1 aliphatic heterocycles. The number of ether oxygens (including phenoxy) is 1. The van der Waals surface area contributed by atoms with Gasteiger partial charge in [-0.3, -0.25) is 9.59 Å². The summed E-state index contributed by atoms with van der Waals surface area (Å²) >= 11 is 0. The molecule has 4 atom stereocenters. The van der Waals surface area contributed by atoms with Crippen LogP contribution in [0.4, 0.5) is 4.39 Å². The first-order valence-corrected chi connectivity index (χ1v) is 17.5. The number of piperidine rings is 1. The Morgan fingerprint density at radius 1 is 1.09 bits per heavy atom. The van der Waals surface area contributed by atoms with E-state index in [1.165, 1.54) is 16.4 Å². The molecule has 1 aliphatic rings. The van der Waals surface area contributed by atoms with Crippen molar-refractivity contribution in [3.05, 3.63) is 66.1 Å². The molecule has 5 N–H and O–H groups in total. The molecular weight excluding hydrogens is 625 g/mol. The fraction of sp³-hybridized carbons (Fsp3) is 0.500. The average molecular weight is 672 g/mol. The summed E-state index contributed by atoms with van der Waals surface area (Å²) in [5.74, 6) is -3.46. The van der Waals surface area contributed by atoms with Crippen LogP contribution in [0.15, 0.2) is 59.6 Å². The van der Waals surface area contributed by atoms with Crippen molar-refractivity contribution in [2.75, 3.05) is 19.6 Å². The van der Waals surface area contributed by atoms with Crippen LogP contribution in [-0.2, 0) is 29.1 Å². The summed E-state index contributed by atoms with van der Waals surface area (Å²) in [6.07, 6.45) is 4.17. The number of sulfonamides is 1. The number of nitrogens with zero attached hydrogens (tertiary/aromatic N) is 1. The van der Waals surface area contributed by atoms with Gasteiger partial charge in [0, 0.05) is 36.1 Å². The van der Waals surface area contributed by atoms with Gasteiger partial charge in [-0.1, -0.05) is 25.1 Å². The zero-order valence-corrected chi connectivity index (χ0v) is 28.2. The van der Waals surface area contributed by atoms with Gasteiger partial charge in [0.15, 0.2) is 0 Å². The van der Waals surface area contributed by atoms with Gasteiger partial charge in [-0.05, 0) is 95.3 Å². The van der Waals surface area contributed by atoms with Crippen molar-refractivity contribution in [3.8, 4) is 0 Å². The summed E-state index contributed by atoms with van der Waals surface area (Å²) in [4.78, 5) is 44.3. The Morgan fingerprint density at radius 2 is 1.79 bits per heavy atom. The second-order valence-electron chi connectivity index (χ2n) is 13.1. The number of benzene rings is 2. The summed E-state index contributed by atoms with van der Waals surface area (Å²) in [6.45, 7) is 7.60. The number of unbranched alkanes of at least 4 members (excludes halogenated alkanes) is 1. The van der Waals surface area contributed by atoms with Crippen molar-refractivity contribution in [2.45, 2.75) is 88.3 Å². The van der Waals surface area contributed by atoms with Crippen LogP contribution in [0.25, 0.3) is 10.9 Å². The molecule has 13 heteroatoms. The molecule has 3 aromatic rings. The number of hydrogen-bond acceptors (Lipinski definition) is 7. The van der Waals surface area contributed by atoms with E-state index in [9.17, 15) is 27.2 Å². The van der Waals surface area contributed by atoms with Crippen LogP contribution in [0.3, 0.4) is 0 Å². The predicted octanol–water partition coefficient (Wildman–Crippen LogP) is 3.95. The number of amides is 2. The van der Waals surface area contributed by atoms with Gasteiger partial charge in [-0.25, -0.2) is 17.6 Å². The van der Waals surface area contributed by atoms with Crippen molar-refractivity contribution in [2.24, 2.45) is 11.7 Å². The molecule has 2 aromatic carbocycles. The van der Waals surface area contributed by atoms with Crippen LogP contribution in [0, 0.1) is 11.7 Å². The van der Waals surface area contributed by atoms with Crippen LogP contribution in [0.1, 0.15) is 71.3 Å². The third-order valence-corrected chi connectivity index (χ3v) is 10.2. The molecule has 1 aromatic heterocycles. The summed E-state index contributed by atoms with van der Waals surface area (Å²) in [5, 5.41) is 6.63. The first-order valence-electron chi connectivity index (χ1n) is 16.1. The number of H-pyrrole nitrogens is 1. The van der Waals surface area contributed by atoms with Crippen molar-refractivity contribution in [3.63, 3.8) is 0 Å². The standard InChI is InChI=1S/C34H46FN5O6S/c1-22(27-20-37-28-12-6-5-11-26(27)28)30(32(42)38-29(13-7-8-18-36)33(43)46-34(2,3)4)39-31(41)23-10-9-19-40(21-23)47(44,45)25-16-14-24(35)15-17-25/h5-6,11-12,14-17,20,22-23,29-30,37H,7-10,13,18-19,21,36H2,1-4H3,(H,38,42)(H,39,41)/t22-,23?,29?,30?/m0/s1. The third-order valence-electron chi connectivity index (χ3n) is 8.35. The van der Waals surface area contributed by atoms with E-state index in [1.54, 1.807) is 27.0 Å². The lowest BCUT2D eigenvalue weighted by Crippen LogP contribution is -2.56. The third kappa shape index (κ3) is 9.17. The maximum Gasteiger partial charge on any atom is 0.329 e. The Hall–Kier alpha value is -3.81. The fourth-order valence-corrected chi connectivity index (χ4v) is 7.37. The number of carbonyl (C=O) groups is 3. The minimum absolute atomic E-state index is 0.0620. The lowest BCUT2D eigenvalue weighted by Gasteiger charge is -2.33. The van der Waals surface area contributed by atoms with E-state index in [2.05, 4.69) is 15.6 Å². The number of halogens is 1. The number of hydrogen-bond donors (Lipinski definition) is 4. The molecule has 3 unspecified atom stereocenters. The van der Waals surface area contributed by atoms with Gasteiger partial charge >= 0.3 is 5.97 Å². The number of para-hydroxylation sites is 1. The maximum absolute atomic E-state index is 14.1. The van der Waals surface area contributed by atoms with E-state index in [1.807, 2.05) is 31.2 Å². The summed E-state index contributed by atoms with van der Waals surface area (Å²) < 4.78 is 47.0. The van der Waals surface area contributed by atoms with E-state index in [0.717, 1.165) is 28.6 Å². The van der Waals surface area contributed by atoms with Crippen LogP contribution in [-0.4, -0.2) is 72.8 Å². The second kappa shape index (κ2) is 15.4. The zero-order chi connectivity index (χ0) is 34.4. The number of esters is 1. The molecule has 1 saturated heterocycles. The van der Waals surface area contributed by atoms with Gasteiger partial charge < -0.3 is 26.1 Å². The molecule has 0 aliphatic carbocycles. The minimum Gasteiger partial charge on any atom is -0.458 e. The van der Waals surface area contributed by atoms with Crippen molar-refractivity contribution in [1.82, 2.24) is 19.9 Å². The van der Waals surface area contributed by atoms with Gasteiger partial charge in [0.2, 0.25) is 21.8 Å². The SMILES string of the molecule is C[C@@H](c1c[nH]c2ccccc12)C(NC(=O)C1CCCN(S(=O)(=O)c2ccc(F)cc2)C1)C(=O)NC(CCCCN)C(=O)OC(C)(C)C. The van der Waals surface area contributed by atoms with E-state index < -0.39 is 63.1 Å². The summed E-state index contributed by atoms with van der Waals surface area (Å²) in [7, 11) is -3.97. The smallest absolute Gasteiger partial charge is 0.329 e. The minimum atomic E-state index is -3.97. The van der Waals surface area contributed by atoms with Gasteiger partial charge in [-0.15, -0.1) is 0 Å². The molecule has 256 valence electrons. The molecule has 0 spiro atoms. The molecule has 11 nitrogen and oxygen atoms in total. The Bertz CT molecular complexity index is 1650. The Morgan fingerprint density at radius 3 is 2.47 bits per heavy atom. The monoisotopic (exact) mass is 671 g/mol. The lowest BCUT2D eigenvalue weighted by atomic mass is 9.90. The lowest BCUT2D eigenvalue weighted by molar-refractivity contribution is -0.159. The number of fused-ring (bicyclic) bond motifs is 1. The largest absolute Gasteiger partial charge is 0.458 e. The van der Waals surface area contributed by atoms with Crippen molar-refractivity contribution < 1.29 is 31.9 Å². The molecule has 0 bridgehead atoms. The summed E-state index contributed by atoms with van der Waals surface area (Å²) in [6, 6.07) is 10.1. The van der Waals surface area contributed by atoms with Gasteiger partial charge in [0.25, 0.3) is 0 Å². The van der Waals surface area contributed by atoms with Gasteiger partial charge in [0.05, 0.1) is 10.8 Å². The Balaban J connectivity index is 1.59. The molecule has 4 rings (SSSR count). The zero-order valence-electron chi connectivity index (χ0n) is 27.4. The van der Waals surface area contributed by atoms with Crippen LogP contribution in [0.2, 0.25) is 0 Å². The Kier molecular flexibility index (Phi) is 11.8. The highest BCUT2D eigenvalue weighted by molar-refractivity contribution is 7.89. The maximum atomic E-state index is 14.1. The fourth-order valence-electron chi connectivity index (χ4n) is 5.85. The van der Waals surface area contributed by atoms with Crippen LogP contribution in [0.5, 0.6) is 0 Å². The van der Waals surface area contributed by atoms with E-state index in [4.69, 9.17) is 10.5 Å². The second-order valence-corrected chi connectivity index (χ2v) is 15.0. The number of aromatic amines is 1. The topological polar surface area (TPSA) is 164 Å². The van der Waals surface area contributed by atoms with E-state index >= 15 is 0 Å². The average Bonchev–Trinajstić information content (AvgIpc) is 3.46. The van der Waals surface area contributed by atoms with Crippen LogP contribution >= 0.6 is 0 Å². The summed E-state index contributed by atoms with van der Waals surface area (Å²) in [5.41, 5.74) is 6.55. The predicted molar refractivity (Wildman–Crippen MR) is 177 cm³/mol. The number of aromatic nitrogens is 1. The molecule has 2 heterocycles. The quantitative estimate of drug-likeness (QED) is 0.158. The molecule has 1 fully saturated rings. The number of nitrogens with one attached hydrogen (secondary N) is 3. The van der Waals surface area contributed by atoms with E-state index in [0.29, 0.717) is 38.6 Å². The first-order chi connectivity index (χ1) is 22.2. The highest BCUT2D eigenvalue weighted by Gasteiger charge is 2.38. The molecule has 2 amide bonds. The normalized spacial score (nSPS) is 17.9. The molecular formula is C34H46FN5O6S. The number of rotatable bonds is 13. The van der Waals surface area contributed by atoms with Crippen LogP contribution < -0.4 is 16.4 Å². The van der Waals surface area contributed by atoms with Gasteiger partial charge in [-0.2, -0.15) is 4.31 Å². The Labute approximate surface area is 275 Å².